The summed E-state index contributed by atoms with van der Waals surface area (Å²) in [6, 6.07) is 0. The number of H-pyrrole nitrogens is 1. The molecule has 1 aromatic heterocycles. The fourth-order valence-electron chi connectivity index (χ4n) is 2.52. The van der Waals surface area contributed by atoms with Crippen molar-refractivity contribution in [2.45, 2.75) is 47.0 Å². The van der Waals surface area contributed by atoms with Gasteiger partial charge < -0.3 is 5.73 Å². The van der Waals surface area contributed by atoms with E-state index in [0.717, 1.165) is 31.6 Å². The predicted molar refractivity (Wildman–Crippen MR) is 63.7 cm³/mol. The molecule has 0 saturated heterocycles. The van der Waals surface area contributed by atoms with Gasteiger partial charge in [0.2, 0.25) is 0 Å². The average molecular weight is 225 g/mol. The van der Waals surface area contributed by atoms with Crippen LogP contribution in [0.1, 0.15) is 46.4 Å². The maximum atomic E-state index is 5.63. The van der Waals surface area contributed by atoms with Crippen LogP contribution >= 0.6 is 0 Å². The molecule has 0 unspecified atom stereocenters. The smallest absolute Gasteiger partial charge is 0.175 e. The predicted octanol–water partition coefficient (Wildman–Crippen LogP) is 1.53. The number of nitrogens with one attached hydrogen (secondary N) is 1. The Morgan fingerprint density at radius 3 is 2.38 bits per heavy atom. The number of rotatable bonds is 6. The van der Waals surface area contributed by atoms with Crippen molar-refractivity contribution in [1.29, 1.82) is 0 Å². The van der Waals surface area contributed by atoms with Gasteiger partial charge in [-0.2, -0.15) is 5.21 Å². The van der Waals surface area contributed by atoms with E-state index in [-0.39, 0.29) is 10.8 Å². The van der Waals surface area contributed by atoms with E-state index < -0.39 is 0 Å². The monoisotopic (exact) mass is 225 g/mol. The van der Waals surface area contributed by atoms with E-state index in [2.05, 4.69) is 48.3 Å². The van der Waals surface area contributed by atoms with Gasteiger partial charge in [0, 0.05) is 6.42 Å². The molecule has 1 heterocycles. The number of hydrogen-bond acceptors (Lipinski definition) is 4. The zero-order valence-electron chi connectivity index (χ0n) is 10.7. The molecule has 1 rings (SSSR count). The molecule has 0 atom stereocenters. The Labute approximate surface area is 97.2 Å². The van der Waals surface area contributed by atoms with Gasteiger partial charge in [-0.05, 0) is 30.2 Å². The summed E-state index contributed by atoms with van der Waals surface area (Å²) >= 11 is 0. The second-order valence-electron chi connectivity index (χ2n) is 6.05. The Morgan fingerprint density at radius 1 is 1.19 bits per heavy atom. The van der Waals surface area contributed by atoms with Crippen LogP contribution in [0.2, 0.25) is 0 Å². The number of aromatic nitrogens is 4. The summed E-state index contributed by atoms with van der Waals surface area (Å²) in [4.78, 5) is 0. The van der Waals surface area contributed by atoms with Gasteiger partial charge in [0.15, 0.2) is 5.82 Å². The lowest BCUT2D eigenvalue weighted by Gasteiger charge is -2.34. The Bertz CT molecular complexity index is 302. The lowest BCUT2D eigenvalue weighted by atomic mass is 9.72. The number of hydrogen-bond donors (Lipinski definition) is 2. The van der Waals surface area contributed by atoms with Crippen LogP contribution < -0.4 is 5.73 Å². The normalized spacial score (nSPS) is 13.1. The summed E-state index contributed by atoms with van der Waals surface area (Å²) in [6.07, 6.45) is 2.99. The molecule has 0 aromatic carbocycles. The van der Waals surface area contributed by atoms with Crippen LogP contribution in [0.5, 0.6) is 0 Å². The standard InChI is InChI=1S/C11H23N5/c1-10(2,5-6-12)8-11(3,4)7-9-13-15-16-14-9/h5-8,12H2,1-4H3,(H,13,14,15,16). The number of tetrazole rings is 1. The van der Waals surface area contributed by atoms with Crippen molar-refractivity contribution in [3.8, 4) is 0 Å². The van der Waals surface area contributed by atoms with Gasteiger partial charge in [-0.1, -0.05) is 32.9 Å². The van der Waals surface area contributed by atoms with Crippen molar-refractivity contribution in [3.05, 3.63) is 5.82 Å². The van der Waals surface area contributed by atoms with Gasteiger partial charge >= 0.3 is 0 Å². The minimum absolute atomic E-state index is 0.169. The Kier molecular flexibility index (Phi) is 4.02. The highest BCUT2D eigenvalue weighted by molar-refractivity contribution is 4.88. The SMILES string of the molecule is CC(C)(CCN)CC(C)(C)Cc1nn[nH]n1. The van der Waals surface area contributed by atoms with Crippen molar-refractivity contribution in [2.75, 3.05) is 6.54 Å². The van der Waals surface area contributed by atoms with Crippen molar-refractivity contribution >= 4 is 0 Å². The number of nitrogens with zero attached hydrogens (tertiary/aromatic N) is 3. The number of aromatic amines is 1. The van der Waals surface area contributed by atoms with E-state index in [1.54, 1.807) is 0 Å². The van der Waals surface area contributed by atoms with Gasteiger partial charge in [0.1, 0.15) is 0 Å². The van der Waals surface area contributed by atoms with E-state index in [1.165, 1.54) is 0 Å². The zero-order valence-corrected chi connectivity index (χ0v) is 10.7. The summed E-state index contributed by atoms with van der Waals surface area (Å²) in [5.41, 5.74) is 6.06. The summed E-state index contributed by atoms with van der Waals surface area (Å²) in [5, 5.41) is 14.1. The molecule has 0 bridgehead atoms. The molecular weight excluding hydrogens is 202 g/mol. The van der Waals surface area contributed by atoms with Crippen molar-refractivity contribution in [3.63, 3.8) is 0 Å². The Hall–Kier alpha value is -0.970. The fraction of sp³-hybridized carbons (Fsp3) is 0.909. The summed E-state index contributed by atoms with van der Waals surface area (Å²) in [5.74, 6) is 0.786. The highest BCUT2D eigenvalue weighted by Gasteiger charge is 2.29. The molecule has 5 nitrogen and oxygen atoms in total. The maximum Gasteiger partial charge on any atom is 0.175 e. The summed E-state index contributed by atoms with van der Waals surface area (Å²) < 4.78 is 0. The molecule has 0 aliphatic rings. The first-order valence-corrected chi connectivity index (χ1v) is 5.77. The van der Waals surface area contributed by atoms with Crippen molar-refractivity contribution < 1.29 is 0 Å². The fourth-order valence-corrected chi connectivity index (χ4v) is 2.52. The maximum absolute atomic E-state index is 5.63. The second kappa shape index (κ2) is 4.91. The van der Waals surface area contributed by atoms with Crippen LogP contribution in [0, 0.1) is 10.8 Å². The third kappa shape index (κ3) is 4.26. The van der Waals surface area contributed by atoms with Crippen LogP contribution in [0.4, 0.5) is 0 Å². The molecule has 0 aliphatic carbocycles. The van der Waals surface area contributed by atoms with Gasteiger partial charge in [0.05, 0.1) is 0 Å². The quantitative estimate of drug-likeness (QED) is 0.769. The molecule has 3 N–H and O–H groups in total. The largest absolute Gasteiger partial charge is 0.330 e. The van der Waals surface area contributed by atoms with Gasteiger partial charge in [-0.15, -0.1) is 10.2 Å². The highest BCUT2D eigenvalue weighted by Crippen LogP contribution is 2.37. The molecular formula is C11H23N5. The van der Waals surface area contributed by atoms with E-state index >= 15 is 0 Å². The molecule has 5 heteroatoms. The molecule has 1 aromatic rings. The van der Waals surface area contributed by atoms with Crippen LogP contribution in [0.25, 0.3) is 0 Å². The highest BCUT2D eigenvalue weighted by atomic mass is 15.5. The van der Waals surface area contributed by atoms with Crippen molar-refractivity contribution in [1.82, 2.24) is 20.6 Å². The topological polar surface area (TPSA) is 80.5 Å². The van der Waals surface area contributed by atoms with Crippen LogP contribution in [0.3, 0.4) is 0 Å². The lowest BCUT2D eigenvalue weighted by molar-refractivity contribution is 0.182. The first-order chi connectivity index (χ1) is 7.35. The van der Waals surface area contributed by atoms with Gasteiger partial charge in [0.25, 0.3) is 0 Å². The molecule has 16 heavy (non-hydrogen) atoms. The van der Waals surface area contributed by atoms with Crippen LogP contribution in [-0.2, 0) is 6.42 Å². The molecule has 0 spiro atoms. The Balaban J connectivity index is 2.57. The minimum atomic E-state index is 0.169. The van der Waals surface area contributed by atoms with E-state index in [4.69, 9.17) is 5.73 Å². The number of nitrogens with two attached hydrogens (primary N) is 1. The Morgan fingerprint density at radius 2 is 1.88 bits per heavy atom. The summed E-state index contributed by atoms with van der Waals surface area (Å²) in [6.45, 7) is 9.74. The minimum Gasteiger partial charge on any atom is -0.330 e. The van der Waals surface area contributed by atoms with Gasteiger partial charge in [-0.25, -0.2) is 0 Å². The third-order valence-electron chi connectivity index (χ3n) is 2.80. The van der Waals surface area contributed by atoms with Gasteiger partial charge in [-0.3, -0.25) is 0 Å². The second-order valence-corrected chi connectivity index (χ2v) is 6.05. The molecule has 0 radical (unpaired) electrons. The van der Waals surface area contributed by atoms with E-state index in [0.29, 0.717) is 0 Å². The lowest BCUT2D eigenvalue weighted by Crippen LogP contribution is -2.27. The first-order valence-electron chi connectivity index (χ1n) is 5.77. The summed E-state index contributed by atoms with van der Waals surface area (Å²) in [7, 11) is 0. The molecule has 0 saturated carbocycles. The van der Waals surface area contributed by atoms with Crippen molar-refractivity contribution in [2.24, 2.45) is 16.6 Å². The van der Waals surface area contributed by atoms with Crippen LogP contribution in [0.15, 0.2) is 0 Å². The first kappa shape index (κ1) is 13.1. The van der Waals surface area contributed by atoms with E-state index in [1.807, 2.05) is 0 Å². The van der Waals surface area contributed by atoms with Crippen LogP contribution in [-0.4, -0.2) is 27.2 Å². The van der Waals surface area contributed by atoms with E-state index in [9.17, 15) is 0 Å². The molecule has 0 aliphatic heterocycles. The molecule has 0 amide bonds. The molecule has 92 valence electrons. The molecule has 0 fully saturated rings. The average Bonchev–Trinajstić information content (AvgIpc) is 2.52. The third-order valence-corrected chi connectivity index (χ3v) is 2.80. The zero-order chi connectivity index (χ0) is 12.2.